The van der Waals surface area contributed by atoms with Gasteiger partial charge in [-0.15, -0.1) is 0 Å². The average molecular weight is 346 g/mol. The van der Waals surface area contributed by atoms with Gasteiger partial charge in [-0.2, -0.15) is 13.2 Å². The number of hydrogen-bond acceptors (Lipinski definition) is 2. The van der Waals surface area contributed by atoms with E-state index in [9.17, 15) is 22.8 Å². The minimum atomic E-state index is -4.58. The van der Waals surface area contributed by atoms with Crippen LogP contribution in [0.15, 0.2) is 24.3 Å². The van der Waals surface area contributed by atoms with Gasteiger partial charge in [0.15, 0.2) is 0 Å². The maximum Gasteiger partial charge on any atom is 0.405 e. The molecular formula is C16H21F3N2O3. The van der Waals surface area contributed by atoms with Crippen molar-refractivity contribution in [1.82, 2.24) is 10.6 Å². The zero-order chi connectivity index (χ0) is 18.5. The molecule has 3 N–H and O–H groups in total. The van der Waals surface area contributed by atoms with Gasteiger partial charge in [-0.05, 0) is 25.0 Å². The molecule has 8 heteroatoms. The van der Waals surface area contributed by atoms with Crippen LogP contribution in [0, 0.1) is 12.8 Å². The van der Waals surface area contributed by atoms with E-state index >= 15 is 0 Å². The largest absolute Gasteiger partial charge is 0.465 e. The number of aryl methyl sites for hydroxylation is 1. The summed E-state index contributed by atoms with van der Waals surface area (Å²) in [7, 11) is 0. The predicted molar refractivity (Wildman–Crippen MR) is 82.9 cm³/mol. The second-order valence-electron chi connectivity index (χ2n) is 6.08. The highest BCUT2D eigenvalue weighted by atomic mass is 19.4. The van der Waals surface area contributed by atoms with Crippen LogP contribution in [0.3, 0.4) is 0 Å². The number of rotatable bonds is 6. The molecular weight excluding hydrogens is 325 g/mol. The maximum absolute atomic E-state index is 12.9. The Balaban J connectivity index is 2.96. The molecule has 5 nitrogen and oxygen atoms in total. The van der Waals surface area contributed by atoms with Crippen LogP contribution in [-0.4, -0.2) is 35.4 Å². The topological polar surface area (TPSA) is 78.4 Å². The molecule has 1 rings (SSSR count). The second kappa shape index (κ2) is 7.55. The van der Waals surface area contributed by atoms with Gasteiger partial charge in [0.1, 0.15) is 0 Å². The Kier molecular flexibility index (Phi) is 6.22. The number of hydrogen-bond donors (Lipinski definition) is 3. The Morgan fingerprint density at radius 3 is 2.12 bits per heavy atom. The average Bonchev–Trinajstić information content (AvgIpc) is 2.42. The molecule has 2 amide bonds. The van der Waals surface area contributed by atoms with Crippen molar-refractivity contribution in [1.29, 1.82) is 0 Å². The first-order valence-electron chi connectivity index (χ1n) is 7.38. The third kappa shape index (κ3) is 5.75. The summed E-state index contributed by atoms with van der Waals surface area (Å²) < 4.78 is 38.7. The van der Waals surface area contributed by atoms with Crippen molar-refractivity contribution >= 4 is 12.0 Å². The quantitative estimate of drug-likeness (QED) is 0.739. The van der Waals surface area contributed by atoms with Crippen LogP contribution in [-0.2, 0) is 0 Å². The Hall–Kier alpha value is -2.25. The molecule has 1 unspecified atom stereocenters. The zero-order valence-corrected chi connectivity index (χ0v) is 13.7. The van der Waals surface area contributed by atoms with E-state index < -0.39 is 42.6 Å². The maximum atomic E-state index is 12.9. The number of benzene rings is 1. The molecule has 1 aromatic rings. The molecule has 0 aromatic heterocycles. The normalized spacial score (nSPS) is 14.1. The van der Waals surface area contributed by atoms with E-state index in [1.165, 1.54) is 13.8 Å². The van der Waals surface area contributed by atoms with Gasteiger partial charge in [0, 0.05) is 12.1 Å². The predicted octanol–water partition coefficient (Wildman–Crippen LogP) is 3.34. The van der Waals surface area contributed by atoms with Gasteiger partial charge in [-0.3, -0.25) is 4.79 Å². The molecule has 0 aliphatic heterocycles. The van der Waals surface area contributed by atoms with Gasteiger partial charge < -0.3 is 15.7 Å². The molecule has 0 heterocycles. The van der Waals surface area contributed by atoms with Crippen molar-refractivity contribution in [2.24, 2.45) is 5.92 Å². The first-order chi connectivity index (χ1) is 10.9. The van der Waals surface area contributed by atoms with E-state index in [2.05, 4.69) is 5.32 Å². The summed E-state index contributed by atoms with van der Waals surface area (Å²) in [6.07, 6.45) is -7.53. The number of carboxylic acid groups (broad SMARTS) is 1. The van der Waals surface area contributed by atoms with Crippen molar-refractivity contribution in [2.75, 3.05) is 6.54 Å². The van der Waals surface area contributed by atoms with E-state index in [0.717, 1.165) is 5.56 Å². The molecule has 1 aromatic carbocycles. The highest BCUT2D eigenvalue weighted by Gasteiger charge is 2.46. The monoisotopic (exact) mass is 346 g/mol. The van der Waals surface area contributed by atoms with E-state index in [4.69, 9.17) is 5.11 Å². The third-order valence-corrected chi connectivity index (χ3v) is 3.86. The highest BCUT2D eigenvalue weighted by molar-refractivity contribution is 5.94. The molecule has 134 valence electrons. The van der Waals surface area contributed by atoms with E-state index in [-0.39, 0.29) is 0 Å². The van der Waals surface area contributed by atoms with E-state index in [0.29, 0.717) is 5.56 Å². The molecule has 0 saturated carbocycles. The number of nitrogens with one attached hydrogen (secondary N) is 2. The number of amides is 2. The third-order valence-electron chi connectivity index (χ3n) is 3.86. The highest BCUT2D eigenvalue weighted by Crippen LogP contribution is 2.32. The van der Waals surface area contributed by atoms with Crippen molar-refractivity contribution in [3.8, 4) is 0 Å². The molecule has 0 bridgehead atoms. The Morgan fingerprint density at radius 1 is 1.17 bits per heavy atom. The van der Waals surface area contributed by atoms with Crippen LogP contribution in [0.5, 0.6) is 0 Å². The lowest BCUT2D eigenvalue weighted by Crippen LogP contribution is -2.60. The summed E-state index contributed by atoms with van der Waals surface area (Å²) in [6.45, 7) is 4.31. The molecule has 0 aliphatic rings. The van der Waals surface area contributed by atoms with Crippen LogP contribution < -0.4 is 10.6 Å². The fourth-order valence-electron chi connectivity index (χ4n) is 2.32. The Morgan fingerprint density at radius 2 is 1.71 bits per heavy atom. The van der Waals surface area contributed by atoms with Crippen molar-refractivity contribution < 1.29 is 27.9 Å². The lowest BCUT2D eigenvalue weighted by Gasteiger charge is -2.38. The summed E-state index contributed by atoms with van der Waals surface area (Å²) in [5, 5.41) is 13.3. The summed E-state index contributed by atoms with van der Waals surface area (Å²) in [5.74, 6) is -1.25. The first kappa shape index (κ1) is 19.8. The van der Waals surface area contributed by atoms with E-state index in [1.54, 1.807) is 24.3 Å². The van der Waals surface area contributed by atoms with Gasteiger partial charge in [0.25, 0.3) is 5.91 Å². The summed E-state index contributed by atoms with van der Waals surface area (Å²) >= 11 is 0. The van der Waals surface area contributed by atoms with Crippen molar-refractivity contribution in [2.45, 2.75) is 38.9 Å². The number of alkyl halides is 3. The smallest absolute Gasteiger partial charge is 0.405 e. The van der Waals surface area contributed by atoms with Crippen molar-refractivity contribution in [3.05, 3.63) is 35.4 Å². The van der Waals surface area contributed by atoms with Crippen LogP contribution >= 0.6 is 0 Å². The number of halogens is 3. The van der Waals surface area contributed by atoms with Gasteiger partial charge >= 0.3 is 12.3 Å². The summed E-state index contributed by atoms with van der Waals surface area (Å²) in [6, 6.07) is 6.51. The number of carbonyl (C=O) groups excluding carboxylic acids is 1. The lowest BCUT2D eigenvalue weighted by atomic mass is 9.82. The van der Waals surface area contributed by atoms with Crippen LogP contribution in [0.25, 0.3) is 0 Å². The second-order valence-corrected chi connectivity index (χ2v) is 6.08. The minimum Gasteiger partial charge on any atom is -0.465 e. The Labute approximate surface area is 138 Å². The molecule has 0 fully saturated rings. The molecule has 0 radical (unpaired) electrons. The zero-order valence-electron chi connectivity index (χ0n) is 13.7. The molecule has 24 heavy (non-hydrogen) atoms. The van der Waals surface area contributed by atoms with E-state index in [1.807, 2.05) is 12.2 Å². The van der Waals surface area contributed by atoms with Crippen LogP contribution in [0.4, 0.5) is 18.0 Å². The van der Waals surface area contributed by atoms with Gasteiger partial charge in [0.2, 0.25) is 0 Å². The van der Waals surface area contributed by atoms with Crippen LogP contribution in [0.2, 0.25) is 0 Å². The fourth-order valence-corrected chi connectivity index (χ4v) is 2.32. The SMILES string of the molecule is Cc1ccc(C(=O)NCC(CC(F)(F)F)(NC(=O)O)C(C)C)cc1. The molecule has 0 spiro atoms. The summed E-state index contributed by atoms with van der Waals surface area (Å²) in [4.78, 5) is 23.1. The van der Waals surface area contributed by atoms with Gasteiger partial charge in [-0.1, -0.05) is 31.5 Å². The standard InChI is InChI=1S/C16H21F3N2O3/c1-10(2)15(21-14(23)24,8-16(17,18)19)9-20-13(22)12-6-4-11(3)5-7-12/h4-7,10,21H,8-9H2,1-3H3,(H,20,22)(H,23,24). The minimum absolute atomic E-state index is 0.292. The molecule has 0 aliphatic carbocycles. The lowest BCUT2D eigenvalue weighted by molar-refractivity contribution is -0.153. The summed E-state index contributed by atoms with van der Waals surface area (Å²) in [5.41, 5.74) is -0.613. The Bertz CT molecular complexity index is 585. The molecule has 0 saturated heterocycles. The fraction of sp³-hybridized carbons (Fsp3) is 0.500. The van der Waals surface area contributed by atoms with Crippen molar-refractivity contribution in [3.63, 3.8) is 0 Å². The molecule has 1 atom stereocenters. The van der Waals surface area contributed by atoms with Gasteiger partial charge in [-0.25, -0.2) is 4.79 Å². The van der Waals surface area contributed by atoms with Crippen LogP contribution in [0.1, 0.15) is 36.2 Å². The van der Waals surface area contributed by atoms with Gasteiger partial charge in [0.05, 0.1) is 12.0 Å². The first-order valence-corrected chi connectivity index (χ1v) is 7.38. The number of carbonyl (C=O) groups is 2.